The Kier molecular flexibility index (Phi) is 3.79. The molecule has 7 heteroatoms. The lowest BCUT2D eigenvalue weighted by Crippen LogP contribution is -2.46. The SMILES string of the molecule is CC(=O)N1CCC(N(C)C(=O)c2ccc3nonc3c2)CC1. The van der Waals surface area contributed by atoms with Crippen molar-refractivity contribution < 1.29 is 14.2 Å². The van der Waals surface area contributed by atoms with Crippen molar-refractivity contribution in [3.05, 3.63) is 23.8 Å². The van der Waals surface area contributed by atoms with Crippen LogP contribution in [0.4, 0.5) is 0 Å². The number of hydrogen-bond donors (Lipinski definition) is 0. The number of nitrogens with zero attached hydrogens (tertiary/aromatic N) is 4. The van der Waals surface area contributed by atoms with Gasteiger partial charge in [0.05, 0.1) is 0 Å². The van der Waals surface area contributed by atoms with Gasteiger partial charge in [0.1, 0.15) is 11.0 Å². The monoisotopic (exact) mass is 302 g/mol. The van der Waals surface area contributed by atoms with E-state index in [1.54, 1.807) is 30.0 Å². The van der Waals surface area contributed by atoms with Crippen molar-refractivity contribution >= 4 is 22.8 Å². The van der Waals surface area contributed by atoms with Crippen molar-refractivity contribution in [3.8, 4) is 0 Å². The molecule has 1 fully saturated rings. The van der Waals surface area contributed by atoms with E-state index in [4.69, 9.17) is 0 Å². The maximum atomic E-state index is 12.6. The molecule has 0 N–H and O–H groups in total. The predicted octanol–water partition coefficient (Wildman–Crippen LogP) is 1.31. The van der Waals surface area contributed by atoms with Gasteiger partial charge in [-0.3, -0.25) is 9.59 Å². The largest absolute Gasteiger partial charge is 0.343 e. The Morgan fingerprint density at radius 1 is 1.23 bits per heavy atom. The standard InChI is InChI=1S/C15H18N4O3/c1-10(20)19-7-5-12(6-8-19)18(2)15(21)11-3-4-13-14(9-11)17-22-16-13/h3-4,9,12H,5-8H2,1-2H3. The van der Waals surface area contributed by atoms with Crippen LogP contribution in [0.2, 0.25) is 0 Å². The second kappa shape index (κ2) is 5.75. The van der Waals surface area contributed by atoms with Gasteiger partial charge >= 0.3 is 0 Å². The van der Waals surface area contributed by atoms with Crippen LogP contribution in [0.25, 0.3) is 11.0 Å². The van der Waals surface area contributed by atoms with Crippen LogP contribution in [-0.4, -0.2) is 58.1 Å². The van der Waals surface area contributed by atoms with Crippen LogP contribution < -0.4 is 0 Å². The minimum absolute atomic E-state index is 0.0498. The van der Waals surface area contributed by atoms with Crippen LogP contribution in [-0.2, 0) is 4.79 Å². The molecule has 0 spiro atoms. The number of likely N-dealkylation sites (tertiary alicyclic amines) is 1. The Balaban J connectivity index is 1.70. The molecule has 1 aliphatic heterocycles. The number of hydrogen-bond acceptors (Lipinski definition) is 5. The van der Waals surface area contributed by atoms with E-state index in [1.165, 1.54) is 0 Å². The maximum Gasteiger partial charge on any atom is 0.253 e. The van der Waals surface area contributed by atoms with Crippen molar-refractivity contribution in [2.45, 2.75) is 25.8 Å². The van der Waals surface area contributed by atoms with Gasteiger partial charge in [-0.15, -0.1) is 0 Å². The Morgan fingerprint density at radius 3 is 2.59 bits per heavy atom. The lowest BCUT2D eigenvalue weighted by Gasteiger charge is -2.36. The van der Waals surface area contributed by atoms with E-state index in [0.717, 1.165) is 12.8 Å². The fraction of sp³-hybridized carbons (Fsp3) is 0.467. The Hall–Kier alpha value is -2.44. The highest BCUT2D eigenvalue weighted by Crippen LogP contribution is 2.19. The van der Waals surface area contributed by atoms with E-state index in [9.17, 15) is 9.59 Å². The molecule has 0 atom stereocenters. The lowest BCUT2D eigenvalue weighted by atomic mass is 10.0. The molecule has 0 bridgehead atoms. The molecule has 1 saturated heterocycles. The van der Waals surface area contributed by atoms with Crippen LogP contribution in [0.3, 0.4) is 0 Å². The van der Waals surface area contributed by atoms with E-state index in [-0.39, 0.29) is 17.9 Å². The molecule has 2 heterocycles. The summed E-state index contributed by atoms with van der Waals surface area (Å²) in [6.07, 6.45) is 1.60. The van der Waals surface area contributed by atoms with Gasteiger partial charge in [-0.25, -0.2) is 4.63 Å². The molecule has 7 nitrogen and oxygen atoms in total. The molecule has 0 saturated carbocycles. The molecule has 116 valence electrons. The van der Waals surface area contributed by atoms with Crippen LogP contribution in [0, 0.1) is 0 Å². The van der Waals surface area contributed by atoms with Crippen molar-refractivity contribution in [2.75, 3.05) is 20.1 Å². The summed E-state index contributed by atoms with van der Waals surface area (Å²) >= 11 is 0. The fourth-order valence-electron chi connectivity index (χ4n) is 2.85. The second-order valence-electron chi connectivity index (χ2n) is 5.62. The van der Waals surface area contributed by atoms with E-state index in [1.807, 2.05) is 11.9 Å². The summed E-state index contributed by atoms with van der Waals surface area (Å²) in [6.45, 7) is 2.98. The highest BCUT2D eigenvalue weighted by Gasteiger charge is 2.27. The van der Waals surface area contributed by atoms with Gasteiger partial charge in [-0.05, 0) is 41.4 Å². The third kappa shape index (κ3) is 2.66. The first-order valence-corrected chi connectivity index (χ1v) is 7.31. The summed E-state index contributed by atoms with van der Waals surface area (Å²) < 4.78 is 4.65. The smallest absolute Gasteiger partial charge is 0.253 e. The maximum absolute atomic E-state index is 12.6. The Bertz CT molecular complexity index is 704. The first-order chi connectivity index (χ1) is 10.6. The average Bonchev–Trinajstić information content (AvgIpc) is 3.01. The summed E-state index contributed by atoms with van der Waals surface area (Å²) in [5, 5.41) is 7.49. The normalized spacial score (nSPS) is 16.0. The van der Waals surface area contributed by atoms with Gasteiger partial charge < -0.3 is 9.80 Å². The molecule has 22 heavy (non-hydrogen) atoms. The second-order valence-corrected chi connectivity index (χ2v) is 5.62. The van der Waals surface area contributed by atoms with Crippen molar-refractivity contribution in [2.24, 2.45) is 0 Å². The van der Waals surface area contributed by atoms with Gasteiger partial charge in [0, 0.05) is 38.7 Å². The van der Waals surface area contributed by atoms with Gasteiger partial charge in [-0.2, -0.15) is 0 Å². The minimum Gasteiger partial charge on any atom is -0.343 e. The van der Waals surface area contributed by atoms with E-state index < -0.39 is 0 Å². The van der Waals surface area contributed by atoms with Crippen molar-refractivity contribution in [3.63, 3.8) is 0 Å². The van der Waals surface area contributed by atoms with Crippen molar-refractivity contribution in [1.29, 1.82) is 0 Å². The highest BCUT2D eigenvalue weighted by atomic mass is 16.6. The Morgan fingerprint density at radius 2 is 1.91 bits per heavy atom. The summed E-state index contributed by atoms with van der Waals surface area (Å²) in [6, 6.07) is 5.30. The topological polar surface area (TPSA) is 79.5 Å². The first kappa shape index (κ1) is 14.5. The van der Waals surface area contributed by atoms with Crippen molar-refractivity contribution in [1.82, 2.24) is 20.1 Å². The molecular formula is C15H18N4O3. The molecule has 2 aromatic rings. The number of carbonyl (C=O) groups excluding carboxylic acids is 2. The van der Waals surface area contributed by atoms with Crippen LogP contribution >= 0.6 is 0 Å². The van der Waals surface area contributed by atoms with Gasteiger partial charge in [0.15, 0.2) is 0 Å². The zero-order valence-corrected chi connectivity index (χ0v) is 12.7. The summed E-state index contributed by atoms with van der Waals surface area (Å²) in [5.74, 6) is 0.0441. The molecule has 0 aliphatic carbocycles. The third-order valence-corrected chi connectivity index (χ3v) is 4.28. The number of amides is 2. The summed E-state index contributed by atoms with van der Waals surface area (Å²) in [7, 11) is 1.81. The lowest BCUT2D eigenvalue weighted by molar-refractivity contribution is -0.130. The molecule has 1 aromatic carbocycles. The quantitative estimate of drug-likeness (QED) is 0.835. The number of rotatable bonds is 2. The third-order valence-electron chi connectivity index (χ3n) is 4.28. The molecule has 0 radical (unpaired) electrons. The fourth-order valence-corrected chi connectivity index (χ4v) is 2.85. The zero-order chi connectivity index (χ0) is 15.7. The summed E-state index contributed by atoms with van der Waals surface area (Å²) in [5.41, 5.74) is 1.78. The minimum atomic E-state index is -0.0498. The van der Waals surface area contributed by atoms with E-state index >= 15 is 0 Å². The number of piperidine rings is 1. The predicted molar refractivity (Wildman–Crippen MR) is 79.2 cm³/mol. The molecule has 1 aromatic heterocycles. The van der Waals surface area contributed by atoms with Crippen LogP contribution in [0.5, 0.6) is 0 Å². The van der Waals surface area contributed by atoms with E-state index in [2.05, 4.69) is 14.9 Å². The number of fused-ring (bicyclic) bond motifs is 1. The first-order valence-electron chi connectivity index (χ1n) is 7.31. The van der Waals surface area contributed by atoms with Gasteiger partial charge in [-0.1, -0.05) is 0 Å². The highest BCUT2D eigenvalue weighted by molar-refractivity contribution is 5.97. The number of benzene rings is 1. The molecule has 3 rings (SSSR count). The van der Waals surface area contributed by atoms with Crippen LogP contribution in [0.15, 0.2) is 22.8 Å². The van der Waals surface area contributed by atoms with Gasteiger partial charge in [0.25, 0.3) is 5.91 Å². The average molecular weight is 302 g/mol. The molecular weight excluding hydrogens is 284 g/mol. The van der Waals surface area contributed by atoms with Crippen LogP contribution in [0.1, 0.15) is 30.1 Å². The molecule has 1 aliphatic rings. The molecule has 2 amide bonds. The molecule has 0 unspecified atom stereocenters. The van der Waals surface area contributed by atoms with E-state index in [0.29, 0.717) is 29.7 Å². The number of aromatic nitrogens is 2. The number of carbonyl (C=O) groups is 2. The van der Waals surface area contributed by atoms with Gasteiger partial charge in [0.2, 0.25) is 5.91 Å². The Labute approximate surface area is 127 Å². The summed E-state index contributed by atoms with van der Waals surface area (Å²) in [4.78, 5) is 27.5. The zero-order valence-electron chi connectivity index (χ0n) is 12.7.